The number of hydrogen-bond acceptors (Lipinski definition) is 12. The number of aliphatic hydroxyl groups excluding tert-OH is 1. The minimum atomic E-state index is -4.14. The Morgan fingerprint density at radius 1 is 0.576 bits per heavy atom. The van der Waals surface area contributed by atoms with Crippen LogP contribution in [0.15, 0.2) is 109 Å². The van der Waals surface area contributed by atoms with Crippen LogP contribution in [0.2, 0.25) is 0 Å². The Bertz CT molecular complexity index is 2040. The van der Waals surface area contributed by atoms with Crippen LogP contribution in [-0.4, -0.2) is 66.0 Å². The molecule has 0 spiro atoms. The van der Waals surface area contributed by atoms with Gasteiger partial charge < -0.3 is 24.1 Å². The highest BCUT2D eigenvalue weighted by Gasteiger charge is 2.31. The molecule has 0 aliphatic carbocycles. The normalized spacial score (nSPS) is 12.5. The Kier molecular flexibility index (Phi) is 18.7. The topological polar surface area (TPSA) is 169 Å². The van der Waals surface area contributed by atoms with Gasteiger partial charge in [0.25, 0.3) is 10.1 Å². The molecule has 0 saturated carbocycles. The number of alkyl halides is 1. The van der Waals surface area contributed by atoms with Gasteiger partial charge in [0.15, 0.2) is 12.2 Å². The third-order valence-electron chi connectivity index (χ3n) is 7.90. The Morgan fingerprint density at radius 3 is 1.34 bits per heavy atom. The zero-order valence-electron chi connectivity index (χ0n) is 34.2. The monoisotopic (exact) mass is 852 g/mol. The van der Waals surface area contributed by atoms with E-state index in [-0.39, 0.29) is 38.9 Å². The van der Waals surface area contributed by atoms with Gasteiger partial charge in [-0.05, 0) is 87.8 Å². The van der Waals surface area contributed by atoms with Gasteiger partial charge in [-0.2, -0.15) is 8.42 Å². The van der Waals surface area contributed by atoms with Crippen LogP contribution in [-0.2, 0) is 65.6 Å². The number of carbonyl (C=O) groups is 4. The molecular formula is C45H53ClO12S. The molecule has 59 heavy (non-hydrogen) atoms. The van der Waals surface area contributed by atoms with Crippen molar-refractivity contribution in [2.24, 2.45) is 0 Å². The number of hydrogen-bond donors (Lipinski definition) is 1. The molecule has 4 aromatic carbocycles. The van der Waals surface area contributed by atoms with Crippen LogP contribution in [0.5, 0.6) is 0 Å². The largest absolute Gasteiger partial charge is 0.461 e. The first-order valence-corrected chi connectivity index (χ1v) is 21.1. The van der Waals surface area contributed by atoms with E-state index in [2.05, 4.69) is 0 Å². The first-order chi connectivity index (χ1) is 27.7. The summed E-state index contributed by atoms with van der Waals surface area (Å²) >= 11 is 5.35. The maximum atomic E-state index is 12.3. The number of halogens is 1. The van der Waals surface area contributed by atoms with Crippen LogP contribution in [0, 0.1) is 0 Å². The molecule has 4 aromatic rings. The molecule has 318 valence electrons. The van der Waals surface area contributed by atoms with Crippen LogP contribution in [0.1, 0.15) is 78.4 Å². The van der Waals surface area contributed by atoms with E-state index in [4.69, 9.17) is 34.7 Å². The molecule has 0 fully saturated rings. The Labute approximate surface area is 351 Å². The molecule has 2 atom stereocenters. The SMILES string of the molecule is CC(C)(C)OC(=O)C(CCC(=O)OCc1ccc(-c2ccccc2)cc1)OS(=O)(=O)CCl.CC(C)(C)OC(=O)C(O)CCC(=O)OCc1ccc(-c2ccccc2)cc1. The molecule has 2 unspecified atom stereocenters. The first-order valence-electron chi connectivity index (χ1n) is 18.9. The fourth-order valence-electron chi connectivity index (χ4n) is 5.09. The fraction of sp³-hybridized carbons (Fsp3) is 0.378. The predicted octanol–water partition coefficient (Wildman–Crippen LogP) is 8.31. The highest BCUT2D eigenvalue weighted by atomic mass is 35.5. The van der Waals surface area contributed by atoms with E-state index in [1.807, 2.05) is 109 Å². The second-order valence-electron chi connectivity index (χ2n) is 15.4. The average molecular weight is 853 g/mol. The van der Waals surface area contributed by atoms with Crippen molar-refractivity contribution >= 4 is 45.6 Å². The van der Waals surface area contributed by atoms with E-state index in [0.717, 1.165) is 33.4 Å². The second kappa shape index (κ2) is 22.9. The van der Waals surface area contributed by atoms with Gasteiger partial charge in [0.1, 0.15) is 29.6 Å². The molecule has 0 aliphatic heterocycles. The van der Waals surface area contributed by atoms with Gasteiger partial charge in [0.2, 0.25) is 0 Å². The van der Waals surface area contributed by atoms with Crippen molar-refractivity contribution < 1.29 is 55.8 Å². The molecule has 0 amide bonds. The summed E-state index contributed by atoms with van der Waals surface area (Å²) in [7, 11) is -4.14. The summed E-state index contributed by atoms with van der Waals surface area (Å²) in [5.41, 5.74) is 4.47. The Morgan fingerprint density at radius 2 is 0.949 bits per heavy atom. The number of aliphatic hydroxyl groups is 1. The van der Waals surface area contributed by atoms with Crippen molar-refractivity contribution in [3.63, 3.8) is 0 Å². The van der Waals surface area contributed by atoms with E-state index in [1.54, 1.807) is 41.5 Å². The predicted molar refractivity (Wildman–Crippen MR) is 224 cm³/mol. The van der Waals surface area contributed by atoms with Gasteiger partial charge in [-0.15, -0.1) is 11.6 Å². The molecular weight excluding hydrogens is 800 g/mol. The second-order valence-corrected chi connectivity index (χ2v) is 17.5. The van der Waals surface area contributed by atoms with Gasteiger partial charge in [-0.1, -0.05) is 109 Å². The minimum Gasteiger partial charge on any atom is -0.461 e. The number of carbonyl (C=O) groups excluding carboxylic acids is 4. The summed E-state index contributed by atoms with van der Waals surface area (Å²) in [6.45, 7) is 10.3. The lowest BCUT2D eigenvalue weighted by Gasteiger charge is -2.23. The van der Waals surface area contributed by atoms with Crippen molar-refractivity contribution in [1.82, 2.24) is 0 Å². The number of esters is 4. The van der Waals surface area contributed by atoms with Crippen molar-refractivity contribution in [2.75, 3.05) is 5.21 Å². The summed E-state index contributed by atoms with van der Waals surface area (Å²) in [6, 6.07) is 35.2. The minimum absolute atomic E-state index is 0.0271. The van der Waals surface area contributed by atoms with E-state index in [0.29, 0.717) is 0 Å². The number of ether oxygens (including phenoxy) is 4. The van der Waals surface area contributed by atoms with Gasteiger partial charge in [0.05, 0.1) is 0 Å². The summed E-state index contributed by atoms with van der Waals surface area (Å²) in [5.74, 6) is -2.69. The van der Waals surface area contributed by atoms with Crippen LogP contribution >= 0.6 is 11.6 Å². The van der Waals surface area contributed by atoms with Crippen LogP contribution in [0.4, 0.5) is 0 Å². The van der Waals surface area contributed by atoms with Crippen molar-refractivity contribution in [1.29, 1.82) is 0 Å². The van der Waals surface area contributed by atoms with Crippen molar-refractivity contribution in [3.05, 3.63) is 120 Å². The highest BCUT2D eigenvalue weighted by molar-refractivity contribution is 7.87. The van der Waals surface area contributed by atoms with Crippen LogP contribution in [0.3, 0.4) is 0 Å². The lowest BCUT2D eigenvalue weighted by Crippen LogP contribution is -2.35. The molecule has 0 bridgehead atoms. The molecule has 0 radical (unpaired) electrons. The van der Waals surface area contributed by atoms with E-state index in [1.165, 1.54) is 0 Å². The highest BCUT2D eigenvalue weighted by Crippen LogP contribution is 2.22. The quantitative estimate of drug-likeness (QED) is 0.0468. The molecule has 0 heterocycles. The van der Waals surface area contributed by atoms with E-state index in [9.17, 15) is 32.7 Å². The first kappa shape index (κ1) is 48.3. The molecule has 0 aromatic heterocycles. The third-order valence-corrected chi connectivity index (χ3v) is 9.49. The molecule has 4 rings (SSSR count). The van der Waals surface area contributed by atoms with Gasteiger partial charge in [-0.3, -0.25) is 13.8 Å². The zero-order valence-corrected chi connectivity index (χ0v) is 35.8. The smallest absolute Gasteiger partial charge is 0.337 e. The van der Waals surface area contributed by atoms with Crippen LogP contribution in [0.25, 0.3) is 22.3 Å². The van der Waals surface area contributed by atoms with Gasteiger partial charge in [-0.25, -0.2) is 9.59 Å². The third kappa shape index (κ3) is 19.0. The molecule has 0 aliphatic rings. The average Bonchev–Trinajstić information content (AvgIpc) is 3.20. The summed E-state index contributed by atoms with van der Waals surface area (Å²) in [5, 5.41) is 8.95. The molecule has 0 saturated heterocycles. The van der Waals surface area contributed by atoms with Gasteiger partial charge in [0, 0.05) is 12.8 Å². The Balaban J connectivity index is 0.000000320. The molecule has 14 heteroatoms. The van der Waals surface area contributed by atoms with E-state index >= 15 is 0 Å². The summed E-state index contributed by atoms with van der Waals surface area (Å²) in [6.07, 6.45) is -3.36. The zero-order chi connectivity index (χ0) is 43.6. The lowest BCUT2D eigenvalue weighted by molar-refractivity contribution is -0.166. The maximum absolute atomic E-state index is 12.3. The van der Waals surface area contributed by atoms with Crippen LogP contribution < -0.4 is 0 Å². The van der Waals surface area contributed by atoms with Crippen molar-refractivity contribution in [3.8, 4) is 22.3 Å². The van der Waals surface area contributed by atoms with Gasteiger partial charge >= 0.3 is 23.9 Å². The summed E-state index contributed by atoms with van der Waals surface area (Å²) < 4.78 is 48.9. The lowest BCUT2D eigenvalue weighted by atomic mass is 10.0. The molecule has 1 N–H and O–H groups in total. The standard InChI is InChI=1S/C23H27ClO7S.C22H26O5/c1-23(2,3)30-22(26)20(31-32(27,28)16-24)13-14-21(25)29-15-17-9-11-19(12-10-17)18-7-5-4-6-8-18;1-22(2,3)27-21(25)19(23)13-14-20(24)26-15-16-9-11-18(12-10-16)17-7-5-4-6-8-17/h4-12,20H,13-16H2,1-3H3;4-12,19,23H,13-15H2,1-3H3. The maximum Gasteiger partial charge on any atom is 0.337 e. The number of benzene rings is 4. The number of rotatable bonds is 17. The summed E-state index contributed by atoms with van der Waals surface area (Å²) in [4.78, 5) is 47.9. The Hall–Kier alpha value is -5.08. The fourth-order valence-corrected chi connectivity index (χ4v) is 5.82. The molecule has 12 nitrogen and oxygen atoms in total. The van der Waals surface area contributed by atoms with E-state index < -0.39 is 62.6 Å². The van der Waals surface area contributed by atoms with Crippen molar-refractivity contribution in [2.45, 2.75) is 104 Å².